The lowest BCUT2D eigenvalue weighted by atomic mass is 10.1. The van der Waals surface area contributed by atoms with Gasteiger partial charge in [0.05, 0.1) is 34.1 Å². The van der Waals surface area contributed by atoms with Crippen molar-refractivity contribution in [3.8, 4) is 0 Å². The fourth-order valence-electron chi connectivity index (χ4n) is 3.39. The number of nitrogens with zero attached hydrogens (tertiary/aromatic N) is 3. The van der Waals surface area contributed by atoms with Crippen LogP contribution < -0.4 is 9.62 Å². The number of aryl methyl sites for hydroxylation is 2. The Morgan fingerprint density at radius 1 is 1.08 bits per heavy atom. The summed E-state index contributed by atoms with van der Waals surface area (Å²) >= 11 is 0. The van der Waals surface area contributed by atoms with Crippen LogP contribution in [0.1, 0.15) is 35.1 Å². The van der Waals surface area contributed by atoms with Crippen molar-refractivity contribution in [2.24, 2.45) is 0 Å². The van der Waals surface area contributed by atoms with Crippen LogP contribution in [0.4, 0.5) is 28.9 Å². The summed E-state index contributed by atoms with van der Waals surface area (Å²) in [6.45, 7) is 5.15. The molecule has 0 radical (unpaired) electrons. The number of anilines is 2. The van der Waals surface area contributed by atoms with Crippen molar-refractivity contribution in [1.82, 2.24) is 9.78 Å². The fraction of sp³-hybridized carbons (Fsp3) is 0.292. The zero-order valence-corrected chi connectivity index (χ0v) is 21.8. The Bertz CT molecular complexity index is 1420. The van der Waals surface area contributed by atoms with Gasteiger partial charge in [0.1, 0.15) is 5.82 Å². The van der Waals surface area contributed by atoms with E-state index in [1.807, 2.05) is 17.7 Å². The van der Waals surface area contributed by atoms with E-state index in [0.717, 1.165) is 48.6 Å². The first-order valence-corrected chi connectivity index (χ1v) is 12.7. The zero-order valence-electron chi connectivity index (χ0n) is 21.0. The van der Waals surface area contributed by atoms with Gasteiger partial charge in [-0.15, -0.1) is 0 Å². The molecule has 0 saturated carbocycles. The Labute approximate surface area is 221 Å². The summed E-state index contributed by atoms with van der Waals surface area (Å²) in [4.78, 5) is 22.5. The first-order chi connectivity index (χ1) is 18.0. The summed E-state index contributed by atoms with van der Waals surface area (Å²) in [7, 11) is -2.23. The Morgan fingerprint density at radius 3 is 2.18 bits per heavy atom. The molecule has 1 heterocycles. The topological polar surface area (TPSA) is 142 Å². The van der Waals surface area contributed by atoms with Crippen molar-refractivity contribution in [3.63, 3.8) is 0 Å². The zero-order chi connectivity index (χ0) is 29.5. The number of benzene rings is 2. The second-order valence-corrected chi connectivity index (χ2v) is 9.94. The van der Waals surface area contributed by atoms with Crippen molar-refractivity contribution < 1.29 is 45.8 Å². The summed E-state index contributed by atoms with van der Waals surface area (Å²) < 4.78 is 74.2. The van der Waals surface area contributed by atoms with Gasteiger partial charge in [0.2, 0.25) is 0 Å². The van der Waals surface area contributed by atoms with Crippen molar-refractivity contribution in [1.29, 1.82) is 0 Å². The van der Waals surface area contributed by atoms with Gasteiger partial charge in [-0.05, 0) is 61.9 Å². The highest BCUT2D eigenvalue weighted by atomic mass is 32.2. The minimum atomic E-state index is -5.08. The Hall–Kier alpha value is -4.14. The molecule has 0 unspecified atom stereocenters. The van der Waals surface area contributed by atoms with Gasteiger partial charge in [-0.1, -0.05) is 6.92 Å². The quantitative estimate of drug-likeness (QED) is 0.317. The van der Waals surface area contributed by atoms with E-state index in [1.54, 1.807) is 18.0 Å². The number of hydrogen-bond donors (Lipinski definition) is 3. The van der Waals surface area contributed by atoms with Crippen molar-refractivity contribution >= 4 is 33.3 Å². The van der Waals surface area contributed by atoms with Gasteiger partial charge >= 0.3 is 18.1 Å². The minimum Gasteiger partial charge on any atom is -0.478 e. The third kappa shape index (κ3) is 8.70. The Kier molecular flexibility index (Phi) is 10.0. The molecular weight excluding hydrogens is 548 g/mol. The van der Waals surface area contributed by atoms with E-state index < -0.39 is 34.0 Å². The van der Waals surface area contributed by atoms with E-state index in [9.17, 15) is 35.9 Å². The molecule has 1 aromatic heterocycles. The number of nitrogens with one attached hydrogen (secondary N) is 1. The predicted octanol–water partition coefficient (Wildman–Crippen LogP) is 4.51. The lowest BCUT2D eigenvalue weighted by molar-refractivity contribution is -0.192. The molecule has 0 aliphatic rings. The average Bonchev–Trinajstić information content (AvgIpc) is 3.17. The molecule has 0 bridgehead atoms. The van der Waals surface area contributed by atoms with E-state index in [4.69, 9.17) is 9.90 Å². The third-order valence-electron chi connectivity index (χ3n) is 5.08. The monoisotopic (exact) mass is 574 g/mol. The standard InChI is InChI=1S/C22H25FN4O4S.C2HF3O2/c1-4-11-27-18(12-15(2)24-27)14-26(3)21-10-7-17(13-20(21)22(28)29)25-32(30,31)19-8-5-16(23)6-9-19;3-2(4,5)1(6)7/h5-10,12-13,25H,4,11,14H2,1-3H3,(H,28,29);(H,6,7). The molecule has 10 nitrogen and oxygen atoms in total. The molecule has 2 aromatic carbocycles. The van der Waals surface area contributed by atoms with E-state index in [0.29, 0.717) is 12.2 Å². The van der Waals surface area contributed by atoms with Gasteiger partial charge < -0.3 is 15.1 Å². The smallest absolute Gasteiger partial charge is 0.478 e. The summed E-state index contributed by atoms with van der Waals surface area (Å²) in [5, 5.41) is 21.3. The second kappa shape index (κ2) is 12.6. The van der Waals surface area contributed by atoms with Crippen LogP contribution in [0.2, 0.25) is 0 Å². The van der Waals surface area contributed by atoms with E-state index in [2.05, 4.69) is 16.7 Å². The Balaban J connectivity index is 0.000000673. The van der Waals surface area contributed by atoms with Gasteiger partial charge in [-0.3, -0.25) is 9.40 Å². The normalized spacial score (nSPS) is 11.4. The minimum absolute atomic E-state index is 0.0508. The Morgan fingerprint density at radius 2 is 1.67 bits per heavy atom. The molecule has 212 valence electrons. The van der Waals surface area contributed by atoms with Gasteiger partial charge in [0.15, 0.2) is 0 Å². The summed E-state index contributed by atoms with van der Waals surface area (Å²) in [5.41, 5.74) is 2.31. The summed E-state index contributed by atoms with van der Waals surface area (Å²) in [6, 6.07) is 10.6. The fourth-order valence-corrected chi connectivity index (χ4v) is 4.44. The van der Waals surface area contributed by atoms with Gasteiger partial charge in [0.25, 0.3) is 10.0 Å². The number of sulfonamides is 1. The van der Waals surface area contributed by atoms with Crippen molar-refractivity contribution in [2.75, 3.05) is 16.7 Å². The number of carbonyl (C=O) groups is 2. The first-order valence-electron chi connectivity index (χ1n) is 11.3. The van der Waals surface area contributed by atoms with Crippen LogP contribution in [0.3, 0.4) is 0 Å². The number of carboxylic acids is 2. The predicted molar refractivity (Wildman–Crippen MR) is 134 cm³/mol. The van der Waals surface area contributed by atoms with E-state index in [-0.39, 0.29) is 16.1 Å². The maximum absolute atomic E-state index is 13.1. The lowest BCUT2D eigenvalue weighted by Crippen LogP contribution is -2.22. The third-order valence-corrected chi connectivity index (χ3v) is 6.47. The number of hydrogen-bond acceptors (Lipinski definition) is 6. The highest BCUT2D eigenvalue weighted by Crippen LogP contribution is 2.27. The molecule has 15 heteroatoms. The van der Waals surface area contributed by atoms with Crippen LogP contribution in [-0.2, 0) is 27.9 Å². The van der Waals surface area contributed by atoms with Gasteiger partial charge in [-0.25, -0.2) is 22.4 Å². The number of alkyl halides is 3. The second-order valence-electron chi connectivity index (χ2n) is 8.26. The highest BCUT2D eigenvalue weighted by molar-refractivity contribution is 7.92. The van der Waals surface area contributed by atoms with Crippen LogP contribution in [0.25, 0.3) is 0 Å². The molecule has 3 rings (SSSR count). The molecule has 3 N–H and O–H groups in total. The van der Waals surface area contributed by atoms with Gasteiger partial charge in [0, 0.05) is 19.3 Å². The largest absolute Gasteiger partial charge is 0.490 e. The molecule has 0 saturated heterocycles. The molecule has 0 spiro atoms. The first kappa shape index (κ1) is 31.1. The molecule has 39 heavy (non-hydrogen) atoms. The summed E-state index contributed by atoms with van der Waals surface area (Å²) in [6.07, 6.45) is -4.17. The van der Waals surface area contributed by atoms with Crippen LogP contribution >= 0.6 is 0 Å². The van der Waals surface area contributed by atoms with Crippen LogP contribution in [0.15, 0.2) is 53.4 Å². The maximum atomic E-state index is 13.1. The lowest BCUT2D eigenvalue weighted by Gasteiger charge is -2.22. The molecule has 0 aliphatic carbocycles. The molecule has 0 aliphatic heterocycles. The maximum Gasteiger partial charge on any atom is 0.490 e. The molecule has 0 amide bonds. The molecular formula is C24H26F4N4O6S. The SMILES string of the molecule is CCCn1nc(C)cc1CN(C)c1ccc(NS(=O)(=O)c2ccc(F)cc2)cc1C(=O)O.O=C(O)C(F)(F)F. The van der Waals surface area contributed by atoms with Crippen LogP contribution in [-0.4, -0.2) is 53.6 Å². The molecule has 0 fully saturated rings. The van der Waals surface area contributed by atoms with Crippen molar-refractivity contribution in [3.05, 3.63) is 71.3 Å². The number of aromatic carboxylic acids is 1. The van der Waals surface area contributed by atoms with E-state index in [1.165, 1.54) is 12.1 Å². The van der Waals surface area contributed by atoms with Crippen LogP contribution in [0, 0.1) is 12.7 Å². The molecule has 3 aromatic rings. The number of carboxylic acid groups (broad SMARTS) is 2. The van der Waals surface area contributed by atoms with Gasteiger partial charge in [-0.2, -0.15) is 18.3 Å². The van der Waals surface area contributed by atoms with Crippen LogP contribution in [0.5, 0.6) is 0 Å². The number of rotatable bonds is 9. The van der Waals surface area contributed by atoms with E-state index >= 15 is 0 Å². The number of aromatic nitrogens is 2. The number of halogens is 4. The molecule has 0 atom stereocenters. The summed E-state index contributed by atoms with van der Waals surface area (Å²) in [5.74, 6) is -4.50. The number of aliphatic carboxylic acids is 1. The van der Waals surface area contributed by atoms with Crippen molar-refractivity contribution in [2.45, 2.75) is 44.4 Å². The highest BCUT2D eigenvalue weighted by Gasteiger charge is 2.38. The average molecular weight is 575 g/mol.